The summed E-state index contributed by atoms with van der Waals surface area (Å²) in [5.41, 5.74) is 0.606. The first-order valence-corrected chi connectivity index (χ1v) is 5.22. The Balaban J connectivity index is 3.26. The van der Waals surface area contributed by atoms with Crippen LogP contribution in [-0.2, 0) is 10.1 Å². The Bertz CT molecular complexity index is 416. The van der Waals surface area contributed by atoms with Crippen molar-refractivity contribution in [3.05, 3.63) is 23.2 Å². The van der Waals surface area contributed by atoms with E-state index in [2.05, 4.69) is 5.32 Å². The Morgan fingerprint density at radius 2 is 2.08 bits per heavy atom. The zero-order valence-corrected chi connectivity index (χ0v) is 8.35. The van der Waals surface area contributed by atoms with Gasteiger partial charge in [0.25, 0.3) is 10.1 Å². The molecule has 2 N–H and O–H groups in total. The van der Waals surface area contributed by atoms with Crippen molar-refractivity contribution in [3.8, 4) is 0 Å². The van der Waals surface area contributed by atoms with Crippen molar-refractivity contribution in [1.82, 2.24) is 0 Å². The fourth-order valence-corrected chi connectivity index (χ4v) is 1.71. The van der Waals surface area contributed by atoms with E-state index < -0.39 is 10.1 Å². The first-order chi connectivity index (χ1) is 5.95. The smallest absolute Gasteiger partial charge is 0.294 e. The van der Waals surface area contributed by atoms with Gasteiger partial charge in [0.2, 0.25) is 0 Å². The van der Waals surface area contributed by atoms with Gasteiger partial charge >= 0.3 is 0 Å². The molecule has 0 aliphatic heterocycles. The molecule has 72 valence electrons. The van der Waals surface area contributed by atoms with Crippen LogP contribution in [0, 0.1) is 0 Å². The Hall–Kier alpha value is -0.780. The zero-order valence-electron chi connectivity index (χ0n) is 6.78. The van der Waals surface area contributed by atoms with E-state index in [1.807, 2.05) is 0 Å². The molecule has 0 bridgehead atoms. The van der Waals surface area contributed by atoms with Gasteiger partial charge in [-0.25, -0.2) is 0 Å². The SMILES string of the molecule is CNc1ccc(S(=O)(=O)O)cc1Cl. The molecule has 13 heavy (non-hydrogen) atoms. The molecule has 0 atom stereocenters. The van der Waals surface area contributed by atoms with Crippen LogP contribution >= 0.6 is 11.6 Å². The molecule has 0 saturated heterocycles. The highest BCUT2D eigenvalue weighted by Gasteiger charge is 2.10. The van der Waals surface area contributed by atoms with Gasteiger partial charge in [0.15, 0.2) is 0 Å². The predicted molar refractivity (Wildman–Crippen MR) is 50.8 cm³/mol. The van der Waals surface area contributed by atoms with Crippen LogP contribution in [0.4, 0.5) is 5.69 Å². The number of benzene rings is 1. The number of hydrogen-bond acceptors (Lipinski definition) is 3. The predicted octanol–water partition coefficient (Wildman–Crippen LogP) is 1.63. The van der Waals surface area contributed by atoms with Crippen LogP contribution in [-0.4, -0.2) is 20.0 Å². The number of halogens is 1. The van der Waals surface area contributed by atoms with Gasteiger partial charge in [-0.2, -0.15) is 8.42 Å². The van der Waals surface area contributed by atoms with E-state index in [1.54, 1.807) is 7.05 Å². The number of hydrogen-bond donors (Lipinski definition) is 2. The summed E-state index contributed by atoms with van der Waals surface area (Å²) >= 11 is 5.70. The maximum absolute atomic E-state index is 10.7. The average Bonchev–Trinajstić information content (AvgIpc) is 2.02. The summed E-state index contributed by atoms with van der Waals surface area (Å²) in [4.78, 5) is -0.212. The lowest BCUT2D eigenvalue weighted by atomic mass is 10.3. The third-order valence-corrected chi connectivity index (χ3v) is 2.67. The van der Waals surface area contributed by atoms with Gasteiger partial charge in [0.05, 0.1) is 15.6 Å². The summed E-state index contributed by atoms with van der Waals surface area (Å²) in [5.74, 6) is 0. The zero-order chi connectivity index (χ0) is 10.1. The highest BCUT2D eigenvalue weighted by molar-refractivity contribution is 7.85. The van der Waals surface area contributed by atoms with Crippen LogP contribution in [0.2, 0.25) is 5.02 Å². The largest absolute Gasteiger partial charge is 0.387 e. The van der Waals surface area contributed by atoms with Gasteiger partial charge < -0.3 is 5.32 Å². The van der Waals surface area contributed by atoms with Crippen LogP contribution in [0.3, 0.4) is 0 Å². The van der Waals surface area contributed by atoms with Crippen LogP contribution in [0.1, 0.15) is 0 Å². The van der Waals surface area contributed by atoms with E-state index >= 15 is 0 Å². The molecule has 0 aliphatic rings. The first kappa shape index (κ1) is 10.3. The van der Waals surface area contributed by atoms with Crippen molar-refractivity contribution in [2.24, 2.45) is 0 Å². The minimum Gasteiger partial charge on any atom is -0.387 e. The van der Waals surface area contributed by atoms with Crippen LogP contribution < -0.4 is 5.32 Å². The molecule has 4 nitrogen and oxygen atoms in total. The van der Waals surface area contributed by atoms with Crippen LogP contribution in [0.15, 0.2) is 23.1 Å². The maximum atomic E-state index is 10.7. The molecule has 0 spiro atoms. The minimum atomic E-state index is -4.16. The average molecular weight is 222 g/mol. The minimum absolute atomic E-state index is 0.212. The molecule has 0 radical (unpaired) electrons. The third-order valence-electron chi connectivity index (χ3n) is 1.51. The van der Waals surface area contributed by atoms with Crippen LogP contribution in [0.5, 0.6) is 0 Å². The second-order valence-corrected chi connectivity index (χ2v) is 4.20. The molecular formula is C7H8ClNO3S. The van der Waals surface area contributed by atoms with E-state index in [0.29, 0.717) is 5.69 Å². The number of rotatable bonds is 2. The van der Waals surface area contributed by atoms with Gasteiger partial charge in [0.1, 0.15) is 0 Å². The third kappa shape index (κ3) is 2.33. The van der Waals surface area contributed by atoms with Gasteiger partial charge in [-0.05, 0) is 18.2 Å². The normalized spacial score (nSPS) is 11.3. The van der Waals surface area contributed by atoms with Crippen molar-refractivity contribution in [3.63, 3.8) is 0 Å². The lowest BCUT2D eigenvalue weighted by Crippen LogP contribution is -1.98. The topological polar surface area (TPSA) is 66.4 Å². The van der Waals surface area contributed by atoms with Gasteiger partial charge in [0, 0.05) is 7.05 Å². The second kappa shape index (κ2) is 3.53. The van der Waals surface area contributed by atoms with Crippen LogP contribution in [0.25, 0.3) is 0 Å². The molecule has 1 rings (SSSR count). The highest BCUT2D eigenvalue weighted by Crippen LogP contribution is 2.24. The molecule has 0 fully saturated rings. The quantitative estimate of drug-likeness (QED) is 0.745. The molecule has 0 amide bonds. The molecule has 0 aliphatic carbocycles. The standard InChI is InChI=1S/C7H8ClNO3S/c1-9-7-3-2-5(4-6(7)8)13(10,11)12/h2-4,9H,1H3,(H,10,11,12). The first-order valence-electron chi connectivity index (χ1n) is 3.40. The molecule has 0 unspecified atom stereocenters. The van der Waals surface area contributed by atoms with E-state index in [4.69, 9.17) is 16.2 Å². The fraction of sp³-hybridized carbons (Fsp3) is 0.143. The van der Waals surface area contributed by atoms with Gasteiger partial charge in [-0.15, -0.1) is 0 Å². The molecule has 0 aromatic heterocycles. The summed E-state index contributed by atoms with van der Waals surface area (Å²) < 4.78 is 30.0. The van der Waals surface area contributed by atoms with Crippen molar-refractivity contribution < 1.29 is 13.0 Å². The van der Waals surface area contributed by atoms with Crippen molar-refractivity contribution in [2.45, 2.75) is 4.90 Å². The van der Waals surface area contributed by atoms with Gasteiger partial charge in [-0.1, -0.05) is 11.6 Å². The summed E-state index contributed by atoms with van der Waals surface area (Å²) in [6, 6.07) is 3.93. The fourth-order valence-electron chi connectivity index (χ4n) is 0.859. The Labute approximate surface area is 81.3 Å². The lowest BCUT2D eigenvalue weighted by Gasteiger charge is -2.03. The monoisotopic (exact) mass is 221 g/mol. The molecule has 1 aromatic carbocycles. The Morgan fingerprint density at radius 3 is 2.46 bits per heavy atom. The summed E-state index contributed by atoms with van der Waals surface area (Å²) in [6.07, 6.45) is 0. The molecule has 0 saturated carbocycles. The molecule has 1 aromatic rings. The van der Waals surface area contributed by atoms with E-state index in [-0.39, 0.29) is 9.92 Å². The summed E-state index contributed by atoms with van der Waals surface area (Å²) in [5, 5.41) is 3.01. The number of nitrogens with one attached hydrogen (secondary N) is 1. The Kier molecular flexibility index (Phi) is 2.80. The number of anilines is 1. The molecule has 0 heterocycles. The van der Waals surface area contributed by atoms with Crippen molar-refractivity contribution in [2.75, 3.05) is 12.4 Å². The summed E-state index contributed by atoms with van der Waals surface area (Å²) in [6.45, 7) is 0. The highest BCUT2D eigenvalue weighted by atomic mass is 35.5. The molecule has 6 heteroatoms. The van der Waals surface area contributed by atoms with E-state index in [1.165, 1.54) is 18.2 Å². The van der Waals surface area contributed by atoms with Crippen molar-refractivity contribution >= 4 is 27.4 Å². The summed E-state index contributed by atoms with van der Waals surface area (Å²) in [7, 11) is -2.50. The van der Waals surface area contributed by atoms with E-state index in [9.17, 15) is 8.42 Å². The van der Waals surface area contributed by atoms with Crippen molar-refractivity contribution in [1.29, 1.82) is 0 Å². The Morgan fingerprint density at radius 1 is 1.46 bits per heavy atom. The van der Waals surface area contributed by atoms with E-state index in [0.717, 1.165) is 0 Å². The maximum Gasteiger partial charge on any atom is 0.294 e. The molecular weight excluding hydrogens is 214 g/mol. The van der Waals surface area contributed by atoms with Gasteiger partial charge in [-0.3, -0.25) is 4.55 Å². The lowest BCUT2D eigenvalue weighted by molar-refractivity contribution is 0.483. The second-order valence-electron chi connectivity index (χ2n) is 2.37.